The Morgan fingerprint density at radius 1 is 1.11 bits per heavy atom. The summed E-state index contributed by atoms with van der Waals surface area (Å²) >= 11 is 0. The molecule has 0 amide bonds. The standard InChI is InChI=1S/C14H23N5/c1-14(16,12-17-13(15)19-18-12)11-9-3-7-2-8(5-9)6-10(11)4-7/h7-11H,2-6,16H2,1H3,(H3,15,17,18,19). The SMILES string of the molecule is CC(N)(c1nc(N)n[nH]1)C1C2CC3CC(C2)CC1C3. The van der Waals surface area contributed by atoms with Crippen LogP contribution in [-0.4, -0.2) is 15.2 Å². The maximum Gasteiger partial charge on any atom is 0.239 e. The molecule has 0 aliphatic heterocycles. The second-order valence-corrected chi connectivity index (χ2v) is 7.28. The van der Waals surface area contributed by atoms with Gasteiger partial charge in [0.1, 0.15) is 5.82 Å². The average molecular weight is 261 g/mol. The monoisotopic (exact) mass is 261 g/mol. The molecule has 1 heterocycles. The Morgan fingerprint density at radius 3 is 2.16 bits per heavy atom. The predicted octanol–water partition coefficient (Wildman–Crippen LogP) is 1.63. The van der Waals surface area contributed by atoms with Gasteiger partial charge in [-0.25, -0.2) is 0 Å². The van der Waals surface area contributed by atoms with E-state index in [4.69, 9.17) is 11.5 Å². The van der Waals surface area contributed by atoms with E-state index < -0.39 is 5.54 Å². The molecule has 5 N–H and O–H groups in total. The van der Waals surface area contributed by atoms with Crippen molar-refractivity contribution in [3.8, 4) is 0 Å². The van der Waals surface area contributed by atoms with Crippen molar-refractivity contribution in [2.24, 2.45) is 35.3 Å². The zero-order chi connectivity index (χ0) is 13.2. The molecule has 0 radical (unpaired) electrons. The molecule has 0 aromatic carbocycles. The maximum absolute atomic E-state index is 6.69. The first-order valence-electron chi connectivity index (χ1n) is 7.51. The van der Waals surface area contributed by atoms with E-state index in [0.29, 0.717) is 11.9 Å². The predicted molar refractivity (Wildman–Crippen MR) is 72.9 cm³/mol. The minimum Gasteiger partial charge on any atom is -0.367 e. The molecule has 4 aliphatic rings. The molecule has 5 rings (SSSR count). The lowest BCUT2D eigenvalue weighted by molar-refractivity contribution is -0.0693. The number of nitrogens with zero attached hydrogens (tertiary/aromatic N) is 2. The average Bonchev–Trinajstić information content (AvgIpc) is 2.74. The Kier molecular flexibility index (Phi) is 2.29. The van der Waals surface area contributed by atoms with Crippen LogP contribution in [0.25, 0.3) is 0 Å². The highest BCUT2D eigenvalue weighted by Crippen LogP contribution is 2.59. The van der Waals surface area contributed by atoms with Gasteiger partial charge in [-0.1, -0.05) is 0 Å². The third-order valence-electron chi connectivity index (χ3n) is 5.93. The summed E-state index contributed by atoms with van der Waals surface area (Å²) in [6.45, 7) is 2.11. The molecule has 4 bridgehead atoms. The van der Waals surface area contributed by atoms with Crippen LogP contribution in [0.5, 0.6) is 0 Å². The molecule has 4 saturated carbocycles. The fourth-order valence-electron chi connectivity index (χ4n) is 5.58. The number of aromatic nitrogens is 3. The highest BCUT2D eigenvalue weighted by atomic mass is 15.3. The summed E-state index contributed by atoms with van der Waals surface area (Å²) in [6, 6.07) is 0. The van der Waals surface area contributed by atoms with Crippen LogP contribution in [0.1, 0.15) is 44.9 Å². The molecule has 4 fully saturated rings. The molecule has 104 valence electrons. The van der Waals surface area contributed by atoms with Crippen LogP contribution in [0.4, 0.5) is 5.95 Å². The minimum absolute atomic E-state index is 0.301. The van der Waals surface area contributed by atoms with Crippen molar-refractivity contribution in [2.45, 2.75) is 44.6 Å². The number of nitrogen functional groups attached to an aromatic ring is 1. The largest absolute Gasteiger partial charge is 0.367 e. The van der Waals surface area contributed by atoms with Gasteiger partial charge in [0.2, 0.25) is 5.95 Å². The van der Waals surface area contributed by atoms with Crippen LogP contribution in [0, 0.1) is 29.6 Å². The molecular weight excluding hydrogens is 238 g/mol. The highest BCUT2D eigenvalue weighted by Gasteiger charge is 2.54. The molecule has 1 unspecified atom stereocenters. The van der Waals surface area contributed by atoms with Crippen molar-refractivity contribution in [3.05, 3.63) is 5.82 Å². The van der Waals surface area contributed by atoms with Gasteiger partial charge in [0, 0.05) is 0 Å². The van der Waals surface area contributed by atoms with Gasteiger partial charge >= 0.3 is 0 Å². The first-order chi connectivity index (χ1) is 9.04. The van der Waals surface area contributed by atoms with E-state index >= 15 is 0 Å². The van der Waals surface area contributed by atoms with E-state index in [1.54, 1.807) is 0 Å². The Balaban J connectivity index is 1.68. The van der Waals surface area contributed by atoms with E-state index in [0.717, 1.165) is 29.5 Å². The molecule has 1 aromatic heterocycles. The number of anilines is 1. The first-order valence-corrected chi connectivity index (χ1v) is 7.51. The van der Waals surface area contributed by atoms with Gasteiger partial charge in [0.05, 0.1) is 5.54 Å². The normalized spacial score (nSPS) is 43.4. The Morgan fingerprint density at radius 2 is 1.68 bits per heavy atom. The molecular formula is C14H23N5. The van der Waals surface area contributed by atoms with Gasteiger partial charge in [0.15, 0.2) is 0 Å². The van der Waals surface area contributed by atoms with Crippen molar-refractivity contribution >= 4 is 5.95 Å². The summed E-state index contributed by atoms with van der Waals surface area (Å²) < 4.78 is 0. The third-order valence-corrected chi connectivity index (χ3v) is 5.93. The second kappa shape index (κ2) is 3.72. The van der Waals surface area contributed by atoms with Gasteiger partial charge in [0.25, 0.3) is 0 Å². The Labute approximate surface area is 113 Å². The topological polar surface area (TPSA) is 93.6 Å². The lowest BCUT2D eigenvalue weighted by atomic mass is 9.48. The maximum atomic E-state index is 6.69. The van der Waals surface area contributed by atoms with Crippen molar-refractivity contribution in [1.82, 2.24) is 15.2 Å². The van der Waals surface area contributed by atoms with Crippen LogP contribution in [0.3, 0.4) is 0 Å². The van der Waals surface area contributed by atoms with Gasteiger partial charge in [-0.15, -0.1) is 5.10 Å². The van der Waals surface area contributed by atoms with E-state index in [9.17, 15) is 0 Å². The third kappa shape index (κ3) is 1.64. The summed E-state index contributed by atoms with van der Waals surface area (Å²) in [5.74, 6) is 5.09. The molecule has 5 nitrogen and oxygen atoms in total. The van der Waals surface area contributed by atoms with Crippen molar-refractivity contribution in [2.75, 3.05) is 5.73 Å². The summed E-state index contributed by atoms with van der Waals surface area (Å²) in [6.07, 6.45) is 6.95. The van der Waals surface area contributed by atoms with Crippen molar-refractivity contribution in [3.63, 3.8) is 0 Å². The fraction of sp³-hybridized carbons (Fsp3) is 0.857. The smallest absolute Gasteiger partial charge is 0.239 e. The zero-order valence-corrected chi connectivity index (χ0v) is 11.5. The summed E-state index contributed by atoms with van der Waals surface area (Å²) in [4.78, 5) is 4.30. The lowest BCUT2D eigenvalue weighted by Gasteiger charge is -2.58. The number of hydrogen-bond donors (Lipinski definition) is 3. The van der Waals surface area contributed by atoms with Crippen molar-refractivity contribution in [1.29, 1.82) is 0 Å². The molecule has 4 aliphatic carbocycles. The highest BCUT2D eigenvalue weighted by molar-refractivity contribution is 5.19. The number of hydrogen-bond acceptors (Lipinski definition) is 4. The van der Waals surface area contributed by atoms with Crippen LogP contribution < -0.4 is 11.5 Å². The Bertz CT molecular complexity index is 464. The number of H-pyrrole nitrogens is 1. The fourth-order valence-corrected chi connectivity index (χ4v) is 5.58. The van der Waals surface area contributed by atoms with Crippen LogP contribution >= 0.6 is 0 Å². The van der Waals surface area contributed by atoms with Gasteiger partial charge < -0.3 is 11.5 Å². The molecule has 0 spiro atoms. The van der Waals surface area contributed by atoms with Crippen LogP contribution in [-0.2, 0) is 5.54 Å². The van der Waals surface area contributed by atoms with E-state index in [1.807, 2.05) is 0 Å². The molecule has 1 aromatic rings. The second-order valence-electron chi connectivity index (χ2n) is 7.28. The van der Waals surface area contributed by atoms with Gasteiger partial charge in [-0.2, -0.15) is 4.98 Å². The first kappa shape index (κ1) is 11.7. The molecule has 0 saturated heterocycles. The number of aromatic amines is 1. The van der Waals surface area contributed by atoms with E-state index in [-0.39, 0.29) is 0 Å². The quantitative estimate of drug-likeness (QED) is 0.754. The molecule has 5 heteroatoms. The van der Waals surface area contributed by atoms with Crippen LogP contribution in [0.15, 0.2) is 0 Å². The molecule has 19 heavy (non-hydrogen) atoms. The Hall–Kier alpha value is -1.10. The minimum atomic E-state index is -0.423. The van der Waals surface area contributed by atoms with Gasteiger partial charge in [-0.05, 0) is 68.6 Å². The summed E-state index contributed by atoms with van der Waals surface area (Å²) in [7, 11) is 0. The number of rotatable bonds is 2. The summed E-state index contributed by atoms with van der Waals surface area (Å²) in [5, 5.41) is 6.90. The number of nitrogens with two attached hydrogens (primary N) is 2. The van der Waals surface area contributed by atoms with Crippen LogP contribution in [0.2, 0.25) is 0 Å². The lowest BCUT2D eigenvalue weighted by Crippen LogP contribution is -2.56. The zero-order valence-electron chi connectivity index (χ0n) is 11.5. The van der Waals surface area contributed by atoms with E-state index in [1.165, 1.54) is 32.1 Å². The molecule has 1 atom stereocenters. The summed E-state index contributed by atoms with van der Waals surface area (Å²) in [5.41, 5.74) is 11.9. The van der Waals surface area contributed by atoms with E-state index in [2.05, 4.69) is 22.1 Å². The number of nitrogens with one attached hydrogen (secondary N) is 1. The van der Waals surface area contributed by atoms with Gasteiger partial charge in [-0.3, -0.25) is 5.10 Å². The van der Waals surface area contributed by atoms with Crippen molar-refractivity contribution < 1.29 is 0 Å².